The maximum Gasteiger partial charge on any atom is 0.338 e. The Bertz CT molecular complexity index is 705. The molecule has 1 saturated heterocycles. The lowest BCUT2D eigenvalue weighted by Gasteiger charge is -2.49. The van der Waals surface area contributed by atoms with Crippen LogP contribution >= 0.6 is 0 Å². The van der Waals surface area contributed by atoms with Gasteiger partial charge in [0, 0.05) is 18.1 Å². The number of carbonyl (C=O) groups is 3. The Morgan fingerprint density at radius 2 is 1.75 bits per heavy atom. The maximum atomic E-state index is 12.1. The van der Waals surface area contributed by atoms with E-state index >= 15 is 0 Å². The predicted octanol–water partition coefficient (Wildman–Crippen LogP) is 2.09. The summed E-state index contributed by atoms with van der Waals surface area (Å²) in [6.07, 6.45) is 2.59. The molecule has 0 saturated carbocycles. The van der Waals surface area contributed by atoms with Crippen molar-refractivity contribution in [3.8, 4) is 0 Å². The van der Waals surface area contributed by atoms with Gasteiger partial charge in [-0.05, 0) is 38.1 Å². The zero-order chi connectivity index (χ0) is 17.5. The van der Waals surface area contributed by atoms with Crippen molar-refractivity contribution in [2.75, 3.05) is 11.5 Å². The Kier molecular flexibility index (Phi) is 4.01. The molecule has 0 bridgehead atoms. The van der Waals surface area contributed by atoms with E-state index in [0.29, 0.717) is 17.2 Å². The highest BCUT2D eigenvalue weighted by Gasteiger charge is 2.48. The molecule has 126 valence electrons. The molecular weight excluding hydrogens is 310 g/mol. The molecule has 0 aromatic heterocycles. The lowest BCUT2D eigenvalue weighted by Crippen LogP contribution is -2.58. The first kappa shape index (κ1) is 16.4. The minimum atomic E-state index is -0.463. The molecule has 0 aliphatic carbocycles. The largest absolute Gasteiger partial charge is 0.459 e. The number of rotatable bonds is 4. The van der Waals surface area contributed by atoms with Crippen LogP contribution in [0, 0.1) is 5.92 Å². The molecule has 3 atom stereocenters. The van der Waals surface area contributed by atoms with Crippen LogP contribution in [0.4, 0.5) is 5.69 Å². The number of benzene rings is 1. The Balaban J connectivity index is 1.62. The fourth-order valence-corrected chi connectivity index (χ4v) is 2.92. The van der Waals surface area contributed by atoms with E-state index in [1.807, 2.05) is 13.8 Å². The van der Waals surface area contributed by atoms with E-state index in [1.165, 1.54) is 24.3 Å². The summed E-state index contributed by atoms with van der Waals surface area (Å²) in [5, 5.41) is 0. The van der Waals surface area contributed by atoms with Gasteiger partial charge in [0.1, 0.15) is 12.2 Å². The Hall–Kier alpha value is -2.47. The van der Waals surface area contributed by atoms with Gasteiger partial charge in [-0.2, -0.15) is 0 Å². The normalized spacial score (nSPS) is 28.9. The van der Waals surface area contributed by atoms with Gasteiger partial charge in [-0.15, -0.1) is 0 Å². The molecule has 2 aliphatic rings. The van der Waals surface area contributed by atoms with Crippen LogP contribution in [0.1, 0.15) is 31.1 Å². The molecule has 0 radical (unpaired) electrons. The standard InChI is InChI=1S/C18H19NO5/c1-11-12(2)24-18(11,3)10-23-17(22)13-4-6-14(7-5-13)19-15(20)8-9-16(19)21/h4-9,11-12H,10H2,1-3H3. The second kappa shape index (κ2) is 5.87. The van der Waals surface area contributed by atoms with Gasteiger partial charge in [0.15, 0.2) is 0 Å². The van der Waals surface area contributed by atoms with Crippen molar-refractivity contribution in [1.82, 2.24) is 0 Å². The number of imide groups is 1. The highest BCUT2D eigenvalue weighted by Crippen LogP contribution is 2.38. The fraction of sp³-hybridized carbons (Fsp3) is 0.389. The Morgan fingerprint density at radius 1 is 1.17 bits per heavy atom. The third-order valence-corrected chi connectivity index (χ3v) is 4.78. The molecule has 2 heterocycles. The van der Waals surface area contributed by atoms with E-state index in [4.69, 9.17) is 9.47 Å². The topological polar surface area (TPSA) is 72.9 Å². The van der Waals surface area contributed by atoms with Gasteiger partial charge >= 0.3 is 5.97 Å². The molecule has 6 nitrogen and oxygen atoms in total. The van der Waals surface area contributed by atoms with E-state index in [0.717, 1.165) is 4.90 Å². The summed E-state index contributed by atoms with van der Waals surface area (Å²) in [4.78, 5) is 36.4. The maximum absolute atomic E-state index is 12.1. The molecule has 1 aromatic rings. The van der Waals surface area contributed by atoms with Crippen LogP contribution in [0.2, 0.25) is 0 Å². The van der Waals surface area contributed by atoms with E-state index in [2.05, 4.69) is 6.92 Å². The smallest absolute Gasteiger partial charge is 0.338 e. The first-order chi connectivity index (χ1) is 11.3. The SMILES string of the molecule is CC1OC(C)(COC(=O)c2ccc(N3C(=O)C=CC3=O)cc2)C1C. The predicted molar refractivity (Wildman–Crippen MR) is 86.5 cm³/mol. The van der Waals surface area contributed by atoms with Crippen molar-refractivity contribution in [3.63, 3.8) is 0 Å². The Labute approximate surface area is 140 Å². The summed E-state index contributed by atoms with van der Waals surface area (Å²) >= 11 is 0. The molecule has 1 aromatic carbocycles. The summed E-state index contributed by atoms with van der Waals surface area (Å²) in [5.74, 6) is -0.940. The molecule has 1 fully saturated rings. The monoisotopic (exact) mass is 329 g/mol. The number of esters is 1. The quantitative estimate of drug-likeness (QED) is 0.625. The summed E-state index contributed by atoms with van der Waals surface area (Å²) in [6.45, 7) is 6.16. The summed E-state index contributed by atoms with van der Waals surface area (Å²) in [6, 6.07) is 6.16. The van der Waals surface area contributed by atoms with Gasteiger partial charge in [0.25, 0.3) is 11.8 Å². The minimum absolute atomic E-state index is 0.164. The lowest BCUT2D eigenvalue weighted by atomic mass is 9.81. The first-order valence-electron chi connectivity index (χ1n) is 7.83. The number of hydrogen-bond donors (Lipinski definition) is 0. The summed E-state index contributed by atoms with van der Waals surface area (Å²) < 4.78 is 11.0. The second-order valence-corrected chi connectivity index (χ2v) is 6.39. The molecule has 0 N–H and O–H groups in total. The first-order valence-corrected chi connectivity index (χ1v) is 7.83. The van der Waals surface area contributed by atoms with Crippen LogP contribution in [0.5, 0.6) is 0 Å². The number of nitrogens with zero attached hydrogens (tertiary/aromatic N) is 1. The number of ether oxygens (including phenoxy) is 2. The van der Waals surface area contributed by atoms with Gasteiger partial charge < -0.3 is 9.47 Å². The van der Waals surface area contributed by atoms with Crippen molar-refractivity contribution in [2.24, 2.45) is 5.92 Å². The second-order valence-electron chi connectivity index (χ2n) is 6.39. The summed E-state index contributed by atoms with van der Waals surface area (Å²) in [7, 11) is 0. The van der Waals surface area contributed by atoms with Crippen molar-refractivity contribution >= 4 is 23.5 Å². The van der Waals surface area contributed by atoms with Gasteiger partial charge in [-0.3, -0.25) is 9.59 Å². The summed E-state index contributed by atoms with van der Waals surface area (Å²) in [5.41, 5.74) is 0.326. The highest BCUT2D eigenvalue weighted by molar-refractivity contribution is 6.28. The zero-order valence-corrected chi connectivity index (χ0v) is 13.8. The molecular formula is C18H19NO5. The van der Waals surface area contributed by atoms with Crippen LogP contribution in [0.25, 0.3) is 0 Å². The molecule has 3 unspecified atom stereocenters. The van der Waals surface area contributed by atoms with Crippen LogP contribution in [-0.4, -0.2) is 36.1 Å². The molecule has 2 amide bonds. The molecule has 6 heteroatoms. The number of amides is 2. The van der Waals surface area contributed by atoms with Gasteiger partial charge in [-0.25, -0.2) is 9.69 Å². The lowest BCUT2D eigenvalue weighted by molar-refractivity contribution is -0.251. The van der Waals surface area contributed by atoms with Gasteiger partial charge in [-0.1, -0.05) is 6.92 Å². The molecule has 3 rings (SSSR count). The van der Waals surface area contributed by atoms with Gasteiger partial charge in [0.05, 0.1) is 17.4 Å². The average Bonchev–Trinajstić information content (AvgIpc) is 2.91. The zero-order valence-electron chi connectivity index (χ0n) is 13.8. The average molecular weight is 329 g/mol. The molecule has 2 aliphatic heterocycles. The van der Waals surface area contributed by atoms with Crippen LogP contribution in [-0.2, 0) is 19.1 Å². The van der Waals surface area contributed by atoms with Crippen molar-refractivity contribution in [2.45, 2.75) is 32.5 Å². The van der Waals surface area contributed by atoms with E-state index in [-0.39, 0.29) is 12.7 Å². The van der Waals surface area contributed by atoms with Gasteiger partial charge in [0.2, 0.25) is 0 Å². The van der Waals surface area contributed by atoms with Crippen molar-refractivity contribution in [3.05, 3.63) is 42.0 Å². The van der Waals surface area contributed by atoms with Crippen molar-refractivity contribution in [1.29, 1.82) is 0 Å². The number of carbonyl (C=O) groups excluding carboxylic acids is 3. The highest BCUT2D eigenvalue weighted by atomic mass is 16.6. The van der Waals surface area contributed by atoms with E-state index in [1.54, 1.807) is 12.1 Å². The molecule has 0 spiro atoms. The number of anilines is 1. The van der Waals surface area contributed by atoms with Crippen LogP contribution < -0.4 is 4.90 Å². The number of hydrogen-bond acceptors (Lipinski definition) is 5. The third-order valence-electron chi connectivity index (χ3n) is 4.78. The van der Waals surface area contributed by atoms with Crippen LogP contribution in [0.15, 0.2) is 36.4 Å². The third kappa shape index (κ3) is 2.73. The van der Waals surface area contributed by atoms with Crippen molar-refractivity contribution < 1.29 is 23.9 Å². The van der Waals surface area contributed by atoms with E-state index in [9.17, 15) is 14.4 Å². The Morgan fingerprint density at radius 3 is 2.25 bits per heavy atom. The van der Waals surface area contributed by atoms with E-state index < -0.39 is 23.4 Å². The van der Waals surface area contributed by atoms with Crippen LogP contribution in [0.3, 0.4) is 0 Å². The molecule has 24 heavy (non-hydrogen) atoms. The fourth-order valence-electron chi connectivity index (χ4n) is 2.92. The minimum Gasteiger partial charge on any atom is -0.459 e.